The normalized spacial score (nSPS) is 23.1. The lowest BCUT2D eigenvalue weighted by molar-refractivity contribution is 0.00875. The lowest BCUT2D eigenvalue weighted by Gasteiger charge is -2.43. The monoisotopic (exact) mass is 460 g/mol. The summed E-state index contributed by atoms with van der Waals surface area (Å²) in [7, 11) is 0. The summed E-state index contributed by atoms with van der Waals surface area (Å²) >= 11 is 6.54. The van der Waals surface area contributed by atoms with Gasteiger partial charge < -0.3 is 15.3 Å². The maximum atomic E-state index is 13.4. The van der Waals surface area contributed by atoms with E-state index < -0.39 is 27.8 Å². The van der Waals surface area contributed by atoms with E-state index in [2.05, 4.69) is 26.0 Å². The zero-order valence-electron chi connectivity index (χ0n) is 19.7. The number of carbonyl (C=O) groups is 2. The van der Waals surface area contributed by atoms with Gasteiger partial charge in [0.2, 0.25) is 0 Å². The first-order valence-corrected chi connectivity index (χ1v) is 11.1. The van der Waals surface area contributed by atoms with Crippen molar-refractivity contribution in [3.05, 3.63) is 57.7 Å². The minimum atomic E-state index is -2.23. The van der Waals surface area contributed by atoms with Crippen molar-refractivity contribution >= 4 is 23.2 Å². The maximum Gasteiger partial charge on any atom is 0.197 e. The van der Waals surface area contributed by atoms with Crippen LogP contribution in [0.25, 0.3) is 0 Å². The van der Waals surface area contributed by atoms with Gasteiger partial charge in [0, 0.05) is 18.1 Å². The Morgan fingerprint density at radius 1 is 1.03 bits per heavy atom. The van der Waals surface area contributed by atoms with Gasteiger partial charge in [0.15, 0.2) is 17.2 Å². The number of ketones is 2. The summed E-state index contributed by atoms with van der Waals surface area (Å²) in [5.74, 6) is -2.46. The summed E-state index contributed by atoms with van der Waals surface area (Å²) in [6.45, 7) is 11.2. The molecule has 0 amide bonds. The number of hydrogen-bond donors (Lipinski definition) is 3. The number of aromatic hydroxyl groups is 2. The SMILES string of the molecule is CC(C)=CCCC(C)=CCC(C[C@]1(O)C(=O)c2cc(O)cc(O)c2C(=O)[C@]1(C)Cl)=C(C)C. The van der Waals surface area contributed by atoms with Crippen LogP contribution >= 0.6 is 11.6 Å². The second-order valence-corrected chi connectivity index (χ2v) is 10.0. The summed E-state index contributed by atoms with van der Waals surface area (Å²) in [5, 5.41) is 31.5. The molecule has 0 bridgehead atoms. The van der Waals surface area contributed by atoms with Gasteiger partial charge >= 0.3 is 0 Å². The largest absolute Gasteiger partial charge is 0.508 e. The van der Waals surface area contributed by atoms with Gasteiger partial charge in [0.1, 0.15) is 16.4 Å². The highest BCUT2D eigenvalue weighted by atomic mass is 35.5. The Hall–Kier alpha value is -2.37. The van der Waals surface area contributed by atoms with Gasteiger partial charge in [0.25, 0.3) is 0 Å². The van der Waals surface area contributed by atoms with Crippen molar-refractivity contribution < 1.29 is 24.9 Å². The van der Waals surface area contributed by atoms with Crippen LogP contribution in [-0.4, -0.2) is 37.4 Å². The lowest BCUT2D eigenvalue weighted by atomic mass is 9.67. The number of phenols is 2. The van der Waals surface area contributed by atoms with E-state index in [1.165, 1.54) is 18.1 Å². The van der Waals surface area contributed by atoms with Crippen molar-refractivity contribution in [3.63, 3.8) is 0 Å². The number of fused-ring (bicyclic) bond motifs is 1. The van der Waals surface area contributed by atoms with Crippen LogP contribution in [0.2, 0.25) is 0 Å². The fourth-order valence-corrected chi connectivity index (χ4v) is 4.13. The van der Waals surface area contributed by atoms with Crippen LogP contribution in [0.5, 0.6) is 11.5 Å². The number of benzene rings is 1. The Bertz CT molecular complexity index is 1020. The molecule has 2 atom stereocenters. The van der Waals surface area contributed by atoms with E-state index in [0.717, 1.165) is 36.1 Å². The lowest BCUT2D eigenvalue weighted by Crippen LogP contribution is -2.62. The van der Waals surface area contributed by atoms with Gasteiger partial charge in [-0.15, -0.1) is 11.6 Å². The van der Waals surface area contributed by atoms with Crippen LogP contribution in [0, 0.1) is 0 Å². The predicted molar refractivity (Wildman–Crippen MR) is 128 cm³/mol. The van der Waals surface area contributed by atoms with Gasteiger partial charge in [-0.25, -0.2) is 0 Å². The number of aliphatic hydroxyl groups is 1. The molecule has 0 spiro atoms. The molecular weight excluding hydrogens is 428 g/mol. The van der Waals surface area contributed by atoms with Crippen LogP contribution in [-0.2, 0) is 0 Å². The highest BCUT2D eigenvalue weighted by Crippen LogP contribution is 2.47. The van der Waals surface area contributed by atoms with Crippen LogP contribution in [0.3, 0.4) is 0 Å². The number of rotatable bonds is 7. The predicted octanol–water partition coefficient (Wildman–Crippen LogP) is 6.01. The third-order valence-electron chi connectivity index (χ3n) is 6.12. The highest BCUT2D eigenvalue weighted by molar-refractivity contribution is 6.44. The molecule has 2 rings (SSSR count). The molecule has 0 radical (unpaired) electrons. The summed E-state index contributed by atoms with van der Waals surface area (Å²) in [4.78, 5) is 24.5. The highest BCUT2D eigenvalue weighted by Gasteiger charge is 2.61. The average molecular weight is 461 g/mol. The van der Waals surface area contributed by atoms with Crippen molar-refractivity contribution in [1.29, 1.82) is 0 Å². The summed E-state index contributed by atoms with van der Waals surface area (Å²) in [6.07, 6.45) is 6.47. The average Bonchev–Trinajstić information content (AvgIpc) is 2.67. The van der Waals surface area contributed by atoms with Crippen LogP contribution in [0.4, 0.5) is 0 Å². The second kappa shape index (κ2) is 9.63. The van der Waals surface area contributed by atoms with E-state index in [4.69, 9.17) is 11.6 Å². The molecule has 0 aromatic heterocycles. The minimum absolute atomic E-state index is 0.131. The van der Waals surface area contributed by atoms with E-state index in [9.17, 15) is 24.9 Å². The zero-order chi connectivity index (χ0) is 24.4. The summed E-state index contributed by atoms with van der Waals surface area (Å²) < 4.78 is 0. The quantitative estimate of drug-likeness (QED) is 0.342. The number of alkyl halides is 1. The Kier molecular flexibility index (Phi) is 7.79. The number of carbonyl (C=O) groups excluding carboxylic acids is 2. The molecule has 174 valence electrons. The first kappa shape index (κ1) is 25.9. The molecule has 1 aliphatic carbocycles. The Labute approximate surface area is 195 Å². The Balaban J connectivity index is 2.41. The second-order valence-electron chi connectivity index (χ2n) is 9.26. The third kappa shape index (κ3) is 5.00. The molecule has 1 aromatic carbocycles. The number of halogens is 1. The molecule has 0 saturated carbocycles. The third-order valence-corrected chi connectivity index (χ3v) is 6.60. The van der Waals surface area contributed by atoms with E-state index in [1.807, 2.05) is 20.8 Å². The maximum absolute atomic E-state index is 13.4. The van der Waals surface area contributed by atoms with Crippen LogP contribution in [0.15, 0.2) is 46.6 Å². The Morgan fingerprint density at radius 3 is 2.22 bits per heavy atom. The van der Waals surface area contributed by atoms with Gasteiger partial charge in [-0.3, -0.25) is 9.59 Å². The summed E-state index contributed by atoms with van der Waals surface area (Å²) in [6, 6.07) is 2.06. The molecular formula is C26H33ClO5. The molecule has 6 heteroatoms. The first-order valence-electron chi connectivity index (χ1n) is 10.7. The molecule has 0 aliphatic heterocycles. The topological polar surface area (TPSA) is 94.8 Å². The molecule has 5 nitrogen and oxygen atoms in total. The number of Topliss-reactive ketones (excluding diaryl/α,β-unsaturated/α-hetero) is 2. The van der Waals surface area contributed by atoms with Crippen molar-refractivity contribution in [2.75, 3.05) is 0 Å². The number of phenolic OH excluding ortho intramolecular Hbond substituents is 2. The fraction of sp³-hybridized carbons (Fsp3) is 0.462. The van der Waals surface area contributed by atoms with E-state index >= 15 is 0 Å². The van der Waals surface area contributed by atoms with Gasteiger partial charge in [0.05, 0.1) is 5.56 Å². The molecule has 0 saturated heterocycles. The van der Waals surface area contributed by atoms with E-state index in [1.54, 1.807) is 0 Å². The molecule has 0 unspecified atom stereocenters. The van der Waals surface area contributed by atoms with Crippen molar-refractivity contribution in [3.8, 4) is 11.5 Å². The van der Waals surface area contributed by atoms with Gasteiger partial charge in [-0.05, 0) is 66.9 Å². The fourth-order valence-electron chi connectivity index (χ4n) is 3.88. The van der Waals surface area contributed by atoms with Crippen LogP contribution < -0.4 is 0 Å². The van der Waals surface area contributed by atoms with Crippen LogP contribution in [0.1, 0.15) is 87.9 Å². The molecule has 3 N–H and O–H groups in total. The molecule has 0 heterocycles. The molecule has 0 fully saturated rings. The number of hydrogen-bond acceptors (Lipinski definition) is 5. The van der Waals surface area contributed by atoms with E-state index in [-0.39, 0.29) is 23.3 Å². The van der Waals surface area contributed by atoms with Crippen molar-refractivity contribution in [2.45, 2.75) is 77.7 Å². The summed E-state index contributed by atoms with van der Waals surface area (Å²) in [5.41, 5.74) is 1.45. The molecule has 1 aliphatic rings. The van der Waals surface area contributed by atoms with Gasteiger partial charge in [-0.2, -0.15) is 0 Å². The standard InChI is InChI=1S/C26H33ClO5/c1-15(2)8-7-9-17(5)10-11-18(16(3)4)14-26(32)23(30)20-12-19(28)13-21(29)22(20)24(31)25(26,6)27/h8,10,12-13,28-29,32H,7,9,11,14H2,1-6H3/t25-,26-/m0/s1. The first-order chi connectivity index (χ1) is 14.7. The molecule has 1 aromatic rings. The molecule has 32 heavy (non-hydrogen) atoms. The van der Waals surface area contributed by atoms with Crippen molar-refractivity contribution in [1.82, 2.24) is 0 Å². The zero-order valence-corrected chi connectivity index (χ0v) is 20.4. The smallest absolute Gasteiger partial charge is 0.197 e. The minimum Gasteiger partial charge on any atom is -0.508 e. The number of allylic oxidation sites excluding steroid dienone is 5. The van der Waals surface area contributed by atoms with E-state index in [0.29, 0.717) is 6.42 Å². The van der Waals surface area contributed by atoms with Gasteiger partial charge in [-0.1, -0.05) is 34.4 Å². The van der Waals surface area contributed by atoms with Crippen molar-refractivity contribution in [2.24, 2.45) is 0 Å². The Morgan fingerprint density at radius 2 is 1.66 bits per heavy atom.